The predicted molar refractivity (Wildman–Crippen MR) is 75.3 cm³/mol. The summed E-state index contributed by atoms with van der Waals surface area (Å²) in [4.78, 5) is -0.566. The molecule has 1 aromatic rings. The quantitative estimate of drug-likeness (QED) is 0.842. The summed E-state index contributed by atoms with van der Waals surface area (Å²) >= 11 is 0. The fourth-order valence-electron chi connectivity index (χ4n) is 2.01. The first-order chi connectivity index (χ1) is 9.31. The molecule has 0 radical (unpaired) electrons. The molecule has 1 N–H and O–H groups in total. The first-order valence-corrected chi connectivity index (χ1v) is 8.38. The van der Waals surface area contributed by atoms with Crippen molar-refractivity contribution in [1.29, 1.82) is 0 Å². The van der Waals surface area contributed by atoms with Gasteiger partial charge in [0.1, 0.15) is 16.5 Å². The van der Waals surface area contributed by atoms with E-state index in [1.165, 1.54) is 0 Å². The van der Waals surface area contributed by atoms with Crippen LogP contribution in [0.2, 0.25) is 0 Å². The second-order valence-electron chi connectivity index (χ2n) is 4.91. The molecule has 0 aromatic heterocycles. The van der Waals surface area contributed by atoms with Crippen LogP contribution < -0.4 is 5.32 Å². The Kier molecular flexibility index (Phi) is 6.07. The van der Waals surface area contributed by atoms with Crippen LogP contribution in [-0.2, 0) is 9.84 Å². The average Bonchev–Trinajstić information content (AvgIpc) is 2.39. The number of benzene rings is 1. The molecule has 2 atom stereocenters. The van der Waals surface area contributed by atoms with Crippen LogP contribution in [0.3, 0.4) is 0 Å². The maximum absolute atomic E-state index is 13.6. The maximum atomic E-state index is 13.6. The molecule has 2 unspecified atom stereocenters. The lowest BCUT2D eigenvalue weighted by Gasteiger charge is -2.23. The van der Waals surface area contributed by atoms with Crippen molar-refractivity contribution in [3.05, 3.63) is 29.8 Å². The second-order valence-corrected chi connectivity index (χ2v) is 6.91. The molecule has 0 heterocycles. The summed E-state index contributed by atoms with van der Waals surface area (Å²) in [6.07, 6.45) is 0.804. The Bertz CT molecular complexity index is 546. The fourth-order valence-corrected chi connectivity index (χ4v) is 3.77. The van der Waals surface area contributed by atoms with Crippen LogP contribution in [0, 0.1) is 17.6 Å². The Hall–Kier alpha value is -1.01. The van der Waals surface area contributed by atoms with Crippen LogP contribution in [0.4, 0.5) is 8.78 Å². The summed E-state index contributed by atoms with van der Waals surface area (Å²) in [5.74, 6) is -1.78. The van der Waals surface area contributed by atoms with E-state index in [1.807, 2.05) is 20.8 Å². The normalized spacial score (nSPS) is 15.1. The topological polar surface area (TPSA) is 46.2 Å². The molecule has 1 aromatic carbocycles. The van der Waals surface area contributed by atoms with Crippen LogP contribution in [0.25, 0.3) is 0 Å². The molecule has 0 fully saturated rings. The van der Waals surface area contributed by atoms with Crippen LogP contribution in [0.15, 0.2) is 23.1 Å². The molecule has 0 saturated heterocycles. The molecule has 0 aliphatic rings. The lowest BCUT2D eigenvalue weighted by atomic mass is 10.0. The van der Waals surface area contributed by atoms with Crippen molar-refractivity contribution >= 4 is 9.84 Å². The zero-order valence-electron chi connectivity index (χ0n) is 12.0. The van der Waals surface area contributed by atoms with E-state index in [1.54, 1.807) is 0 Å². The van der Waals surface area contributed by atoms with E-state index in [0.717, 1.165) is 24.6 Å². The van der Waals surface area contributed by atoms with Crippen LogP contribution in [0.5, 0.6) is 0 Å². The SMILES string of the molecule is CCNC(CS(=O)(=O)c1cc(F)ccc1F)C(C)CC. The highest BCUT2D eigenvalue weighted by molar-refractivity contribution is 7.91. The van der Waals surface area contributed by atoms with E-state index in [-0.39, 0.29) is 17.7 Å². The highest BCUT2D eigenvalue weighted by Crippen LogP contribution is 2.20. The number of sulfone groups is 1. The molecule has 0 bridgehead atoms. The molecule has 1 rings (SSSR count). The molecule has 0 aliphatic carbocycles. The molecule has 3 nitrogen and oxygen atoms in total. The zero-order valence-corrected chi connectivity index (χ0v) is 12.8. The van der Waals surface area contributed by atoms with Crippen LogP contribution >= 0.6 is 0 Å². The molecular weight excluding hydrogens is 284 g/mol. The number of hydrogen-bond acceptors (Lipinski definition) is 3. The molecule has 20 heavy (non-hydrogen) atoms. The van der Waals surface area contributed by atoms with Gasteiger partial charge >= 0.3 is 0 Å². The minimum atomic E-state index is -3.87. The fraction of sp³-hybridized carbons (Fsp3) is 0.571. The standard InChI is InChI=1S/C14H21F2NO2S/c1-4-10(3)13(17-5-2)9-20(18,19)14-8-11(15)6-7-12(14)16/h6-8,10,13,17H,4-5,9H2,1-3H3. The molecule has 0 saturated carbocycles. The van der Waals surface area contributed by atoms with Gasteiger partial charge in [0.2, 0.25) is 0 Å². The second kappa shape index (κ2) is 7.13. The van der Waals surface area contributed by atoms with E-state index in [2.05, 4.69) is 5.32 Å². The van der Waals surface area contributed by atoms with Crippen molar-refractivity contribution in [2.45, 2.75) is 38.1 Å². The Labute approximate surface area is 119 Å². The number of rotatable bonds is 7. The summed E-state index contributed by atoms with van der Waals surface area (Å²) in [6.45, 7) is 6.40. The van der Waals surface area contributed by atoms with E-state index >= 15 is 0 Å². The minimum absolute atomic E-state index is 0.126. The smallest absolute Gasteiger partial charge is 0.182 e. The predicted octanol–water partition coefficient (Wildman–Crippen LogP) is 2.76. The van der Waals surface area contributed by atoms with Gasteiger partial charge in [-0.15, -0.1) is 0 Å². The van der Waals surface area contributed by atoms with Gasteiger partial charge in [0.15, 0.2) is 9.84 Å². The zero-order chi connectivity index (χ0) is 15.3. The highest BCUT2D eigenvalue weighted by atomic mass is 32.2. The van der Waals surface area contributed by atoms with E-state index in [4.69, 9.17) is 0 Å². The van der Waals surface area contributed by atoms with Crippen molar-refractivity contribution in [3.63, 3.8) is 0 Å². The van der Waals surface area contributed by atoms with Gasteiger partial charge in [-0.1, -0.05) is 27.2 Å². The maximum Gasteiger partial charge on any atom is 0.182 e. The number of nitrogens with one attached hydrogen (secondary N) is 1. The van der Waals surface area contributed by atoms with E-state index in [0.29, 0.717) is 6.54 Å². The molecular formula is C14H21F2NO2S. The summed E-state index contributed by atoms with van der Waals surface area (Å²) in [6, 6.07) is 2.21. The Morgan fingerprint density at radius 1 is 1.25 bits per heavy atom. The van der Waals surface area contributed by atoms with Gasteiger partial charge < -0.3 is 5.32 Å². The van der Waals surface area contributed by atoms with Gasteiger partial charge in [-0.3, -0.25) is 0 Å². The largest absolute Gasteiger partial charge is 0.313 e. The monoisotopic (exact) mass is 305 g/mol. The van der Waals surface area contributed by atoms with Crippen molar-refractivity contribution in [2.24, 2.45) is 5.92 Å². The lowest BCUT2D eigenvalue weighted by Crippen LogP contribution is -2.40. The lowest BCUT2D eigenvalue weighted by molar-refractivity contribution is 0.397. The Balaban J connectivity index is 3.06. The third kappa shape index (κ3) is 4.24. The third-order valence-corrected chi connectivity index (χ3v) is 5.21. The van der Waals surface area contributed by atoms with E-state index < -0.39 is 26.4 Å². The highest BCUT2D eigenvalue weighted by Gasteiger charge is 2.26. The van der Waals surface area contributed by atoms with Crippen molar-refractivity contribution in [1.82, 2.24) is 5.32 Å². The van der Waals surface area contributed by atoms with Gasteiger partial charge in [0, 0.05) is 6.04 Å². The van der Waals surface area contributed by atoms with Crippen LogP contribution in [0.1, 0.15) is 27.2 Å². The number of hydrogen-bond donors (Lipinski definition) is 1. The average molecular weight is 305 g/mol. The summed E-state index contributed by atoms with van der Waals surface area (Å²) in [7, 11) is -3.87. The first-order valence-electron chi connectivity index (χ1n) is 6.73. The Morgan fingerprint density at radius 3 is 2.45 bits per heavy atom. The summed E-state index contributed by atoms with van der Waals surface area (Å²) in [5, 5.41) is 3.10. The van der Waals surface area contributed by atoms with Gasteiger partial charge in [0.25, 0.3) is 0 Å². The molecule has 0 amide bonds. The van der Waals surface area contributed by atoms with Gasteiger partial charge in [-0.05, 0) is 30.7 Å². The minimum Gasteiger partial charge on any atom is -0.313 e. The van der Waals surface area contributed by atoms with Gasteiger partial charge in [0.05, 0.1) is 5.75 Å². The van der Waals surface area contributed by atoms with Crippen molar-refractivity contribution < 1.29 is 17.2 Å². The summed E-state index contributed by atoms with van der Waals surface area (Å²) in [5.41, 5.74) is 0. The summed E-state index contributed by atoms with van der Waals surface area (Å²) < 4.78 is 51.3. The number of halogens is 2. The first kappa shape index (κ1) is 17.0. The van der Waals surface area contributed by atoms with Crippen molar-refractivity contribution in [3.8, 4) is 0 Å². The van der Waals surface area contributed by atoms with Crippen molar-refractivity contribution in [2.75, 3.05) is 12.3 Å². The third-order valence-electron chi connectivity index (χ3n) is 3.42. The molecule has 6 heteroatoms. The van der Waals surface area contributed by atoms with Crippen LogP contribution in [-0.4, -0.2) is 26.8 Å². The molecule has 114 valence electrons. The molecule has 0 aliphatic heterocycles. The Morgan fingerprint density at radius 2 is 1.90 bits per heavy atom. The van der Waals surface area contributed by atoms with Gasteiger partial charge in [-0.25, -0.2) is 17.2 Å². The van der Waals surface area contributed by atoms with E-state index in [9.17, 15) is 17.2 Å². The molecule has 0 spiro atoms. The van der Waals surface area contributed by atoms with Gasteiger partial charge in [-0.2, -0.15) is 0 Å².